The fourth-order valence-electron chi connectivity index (χ4n) is 1.04. The first-order valence-corrected chi connectivity index (χ1v) is 5.21. The molecule has 2 N–H and O–H groups in total. The molecule has 0 aliphatic heterocycles. The summed E-state index contributed by atoms with van der Waals surface area (Å²) in [5.41, 5.74) is 1.05. The average Bonchev–Trinajstić information content (AvgIpc) is 2.12. The molecule has 76 valence electrons. The largest absolute Gasteiger partial charge is 0.383 e. The molecule has 0 aromatic heterocycles. The van der Waals surface area contributed by atoms with Crippen LogP contribution in [0.15, 0.2) is 28.7 Å². The summed E-state index contributed by atoms with van der Waals surface area (Å²) in [4.78, 5) is 10.6. The molecule has 0 radical (unpaired) electrons. The molecule has 0 unspecified atom stereocenters. The minimum Gasteiger partial charge on any atom is -0.383 e. The van der Waals surface area contributed by atoms with Gasteiger partial charge in [0.25, 0.3) is 0 Å². The lowest BCUT2D eigenvalue weighted by molar-refractivity contribution is -0.118. The lowest BCUT2D eigenvalue weighted by Crippen LogP contribution is -2.26. The maximum atomic E-state index is 10.6. The maximum absolute atomic E-state index is 10.6. The lowest BCUT2D eigenvalue weighted by Gasteiger charge is -2.06. The van der Waals surface area contributed by atoms with E-state index < -0.39 is 0 Å². The standard InChI is InChI=1S/C10H13BrN2O/c1-8(14)12-5-6-13-10-4-2-3-9(11)7-10/h2-4,7,13H,5-6H2,1H3,(H,12,14). The summed E-state index contributed by atoms with van der Waals surface area (Å²) in [7, 11) is 0. The quantitative estimate of drug-likeness (QED) is 0.810. The number of rotatable bonds is 4. The minimum atomic E-state index is 0.000965. The van der Waals surface area contributed by atoms with Crippen molar-refractivity contribution in [2.75, 3.05) is 18.4 Å². The Balaban J connectivity index is 2.28. The van der Waals surface area contributed by atoms with Crippen LogP contribution in [0.3, 0.4) is 0 Å². The molecular weight excluding hydrogens is 244 g/mol. The van der Waals surface area contributed by atoms with Gasteiger partial charge in [-0.2, -0.15) is 0 Å². The van der Waals surface area contributed by atoms with E-state index in [0.29, 0.717) is 6.54 Å². The molecule has 14 heavy (non-hydrogen) atoms. The van der Waals surface area contributed by atoms with Crippen molar-refractivity contribution in [2.45, 2.75) is 6.92 Å². The van der Waals surface area contributed by atoms with Gasteiger partial charge in [-0.3, -0.25) is 4.79 Å². The Bertz CT molecular complexity index is 315. The molecule has 1 amide bonds. The first kappa shape index (κ1) is 11.0. The summed E-state index contributed by atoms with van der Waals surface area (Å²) in [5, 5.41) is 5.91. The molecule has 0 spiro atoms. The Kier molecular flexibility index (Phi) is 4.46. The fourth-order valence-corrected chi connectivity index (χ4v) is 1.44. The third kappa shape index (κ3) is 4.28. The highest BCUT2D eigenvalue weighted by molar-refractivity contribution is 9.10. The zero-order chi connectivity index (χ0) is 10.4. The number of benzene rings is 1. The third-order valence-corrected chi connectivity index (χ3v) is 2.15. The highest BCUT2D eigenvalue weighted by Gasteiger charge is 1.93. The van der Waals surface area contributed by atoms with E-state index in [-0.39, 0.29) is 5.91 Å². The van der Waals surface area contributed by atoms with Gasteiger partial charge in [-0.15, -0.1) is 0 Å². The summed E-state index contributed by atoms with van der Waals surface area (Å²) in [6, 6.07) is 7.91. The van der Waals surface area contributed by atoms with Gasteiger partial charge >= 0.3 is 0 Å². The summed E-state index contributed by atoms with van der Waals surface area (Å²) in [6.45, 7) is 2.89. The van der Waals surface area contributed by atoms with Crippen LogP contribution in [0.5, 0.6) is 0 Å². The van der Waals surface area contributed by atoms with Crippen molar-refractivity contribution in [1.82, 2.24) is 5.32 Å². The molecule has 0 atom stereocenters. The molecule has 4 heteroatoms. The molecule has 0 aliphatic carbocycles. The van der Waals surface area contributed by atoms with Gasteiger partial charge < -0.3 is 10.6 Å². The smallest absolute Gasteiger partial charge is 0.216 e. The predicted octanol–water partition coefficient (Wildman–Crippen LogP) is 2.00. The maximum Gasteiger partial charge on any atom is 0.216 e. The van der Waals surface area contributed by atoms with E-state index in [9.17, 15) is 4.79 Å². The Morgan fingerprint density at radius 1 is 1.43 bits per heavy atom. The van der Waals surface area contributed by atoms with Crippen LogP contribution in [0.1, 0.15) is 6.92 Å². The number of hydrogen-bond acceptors (Lipinski definition) is 2. The second kappa shape index (κ2) is 5.65. The summed E-state index contributed by atoms with van der Waals surface area (Å²) >= 11 is 3.38. The number of hydrogen-bond donors (Lipinski definition) is 2. The summed E-state index contributed by atoms with van der Waals surface area (Å²) in [6.07, 6.45) is 0. The Labute approximate surface area is 92.0 Å². The van der Waals surface area contributed by atoms with Crippen LogP contribution >= 0.6 is 15.9 Å². The SMILES string of the molecule is CC(=O)NCCNc1cccc(Br)c1. The number of anilines is 1. The van der Waals surface area contributed by atoms with Gasteiger partial charge in [0.05, 0.1) is 0 Å². The van der Waals surface area contributed by atoms with Gasteiger partial charge in [-0.05, 0) is 18.2 Å². The molecule has 0 saturated heterocycles. The molecule has 1 aromatic rings. The number of nitrogens with one attached hydrogen (secondary N) is 2. The lowest BCUT2D eigenvalue weighted by atomic mass is 10.3. The highest BCUT2D eigenvalue weighted by atomic mass is 79.9. The minimum absolute atomic E-state index is 0.000965. The first-order chi connectivity index (χ1) is 6.68. The van der Waals surface area contributed by atoms with Crippen molar-refractivity contribution in [2.24, 2.45) is 0 Å². The summed E-state index contributed by atoms with van der Waals surface area (Å²) in [5.74, 6) is 0.000965. The Morgan fingerprint density at radius 3 is 2.86 bits per heavy atom. The summed E-state index contributed by atoms with van der Waals surface area (Å²) < 4.78 is 1.04. The van der Waals surface area contributed by atoms with Crippen molar-refractivity contribution in [1.29, 1.82) is 0 Å². The molecular formula is C10H13BrN2O. The Hall–Kier alpha value is -1.03. The van der Waals surface area contributed by atoms with E-state index in [1.165, 1.54) is 6.92 Å². The number of carbonyl (C=O) groups excluding carboxylic acids is 1. The molecule has 0 fully saturated rings. The second-order valence-electron chi connectivity index (χ2n) is 2.92. The molecule has 0 saturated carbocycles. The van der Waals surface area contributed by atoms with Gasteiger partial charge in [0.2, 0.25) is 5.91 Å². The molecule has 1 aromatic carbocycles. The van der Waals surface area contributed by atoms with Gasteiger partial charge in [-0.1, -0.05) is 22.0 Å². The second-order valence-corrected chi connectivity index (χ2v) is 3.84. The van der Waals surface area contributed by atoms with Gasteiger partial charge in [0.1, 0.15) is 0 Å². The van der Waals surface area contributed by atoms with Crippen LogP contribution in [-0.4, -0.2) is 19.0 Å². The average molecular weight is 257 g/mol. The molecule has 1 rings (SSSR count). The number of carbonyl (C=O) groups is 1. The van der Waals surface area contributed by atoms with E-state index >= 15 is 0 Å². The van der Waals surface area contributed by atoms with Crippen LogP contribution in [0.4, 0.5) is 5.69 Å². The van der Waals surface area contributed by atoms with Crippen LogP contribution in [0, 0.1) is 0 Å². The Morgan fingerprint density at radius 2 is 2.21 bits per heavy atom. The normalized spacial score (nSPS) is 9.57. The third-order valence-electron chi connectivity index (χ3n) is 1.65. The van der Waals surface area contributed by atoms with E-state index in [4.69, 9.17) is 0 Å². The predicted molar refractivity (Wildman–Crippen MR) is 61.3 cm³/mol. The van der Waals surface area contributed by atoms with Crippen LogP contribution in [-0.2, 0) is 4.79 Å². The molecule has 3 nitrogen and oxygen atoms in total. The molecule has 0 bridgehead atoms. The highest BCUT2D eigenvalue weighted by Crippen LogP contribution is 2.14. The van der Waals surface area contributed by atoms with Gasteiger partial charge in [-0.25, -0.2) is 0 Å². The molecule has 0 aliphatic rings. The topological polar surface area (TPSA) is 41.1 Å². The zero-order valence-electron chi connectivity index (χ0n) is 8.01. The van der Waals surface area contributed by atoms with Gasteiger partial charge in [0.15, 0.2) is 0 Å². The van der Waals surface area contributed by atoms with E-state index in [0.717, 1.165) is 16.7 Å². The van der Waals surface area contributed by atoms with E-state index in [1.807, 2.05) is 24.3 Å². The van der Waals surface area contributed by atoms with E-state index in [1.54, 1.807) is 0 Å². The number of halogens is 1. The van der Waals surface area contributed by atoms with Gasteiger partial charge in [0, 0.05) is 30.2 Å². The van der Waals surface area contributed by atoms with Crippen LogP contribution < -0.4 is 10.6 Å². The monoisotopic (exact) mass is 256 g/mol. The first-order valence-electron chi connectivity index (χ1n) is 4.42. The zero-order valence-corrected chi connectivity index (χ0v) is 9.60. The fraction of sp³-hybridized carbons (Fsp3) is 0.300. The van der Waals surface area contributed by atoms with Crippen molar-refractivity contribution in [3.05, 3.63) is 28.7 Å². The number of amides is 1. The van der Waals surface area contributed by atoms with Crippen molar-refractivity contribution in [3.8, 4) is 0 Å². The molecule has 0 heterocycles. The van der Waals surface area contributed by atoms with Crippen molar-refractivity contribution >= 4 is 27.5 Å². The van der Waals surface area contributed by atoms with Crippen molar-refractivity contribution < 1.29 is 4.79 Å². The van der Waals surface area contributed by atoms with E-state index in [2.05, 4.69) is 26.6 Å². The van der Waals surface area contributed by atoms with Crippen molar-refractivity contribution in [3.63, 3.8) is 0 Å². The van der Waals surface area contributed by atoms with Crippen LogP contribution in [0.2, 0.25) is 0 Å². The van der Waals surface area contributed by atoms with Crippen LogP contribution in [0.25, 0.3) is 0 Å².